The fraction of sp³-hybridized carbons (Fsp3) is 0.0476. The van der Waals surface area contributed by atoms with Crippen molar-refractivity contribution in [3.8, 4) is 17.1 Å². The van der Waals surface area contributed by atoms with E-state index >= 15 is 0 Å². The van der Waals surface area contributed by atoms with Crippen LogP contribution in [-0.4, -0.2) is 31.4 Å². The first-order chi connectivity index (χ1) is 14.6. The lowest BCUT2D eigenvalue weighted by Gasteiger charge is -2.10. The average molecular weight is 440 g/mol. The van der Waals surface area contributed by atoms with Gasteiger partial charge in [0.1, 0.15) is 5.82 Å². The zero-order chi connectivity index (χ0) is 20.9. The molecule has 6 nitrogen and oxygen atoms in total. The van der Waals surface area contributed by atoms with Gasteiger partial charge in [-0.05, 0) is 42.5 Å². The molecule has 2 heterocycles. The van der Waals surface area contributed by atoms with Gasteiger partial charge in [0.2, 0.25) is 5.91 Å². The Balaban J connectivity index is 1.58. The van der Waals surface area contributed by atoms with Crippen LogP contribution in [0.15, 0.2) is 78.2 Å². The van der Waals surface area contributed by atoms with E-state index in [4.69, 9.17) is 11.6 Å². The molecule has 150 valence electrons. The molecular formula is C21H15ClFN5OS. The number of carbonyl (C=O) groups is 1. The van der Waals surface area contributed by atoms with Gasteiger partial charge in [0.25, 0.3) is 0 Å². The Morgan fingerprint density at radius 3 is 2.60 bits per heavy atom. The first-order valence-electron chi connectivity index (χ1n) is 8.91. The van der Waals surface area contributed by atoms with Crippen molar-refractivity contribution in [3.05, 3.63) is 83.9 Å². The number of para-hydroxylation sites is 1. The highest BCUT2D eigenvalue weighted by molar-refractivity contribution is 7.99. The summed E-state index contributed by atoms with van der Waals surface area (Å²) >= 11 is 7.07. The maximum absolute atomic E-state index is 13.9. The summed E-state index contributed by atoms with van der Waals surface area (Å²) < 4.78 is 15.7. The Bertz CT molecular complexity index is 1170. The second kappa shape index (κ2) is 9.06. The van der Waals surface area contributed by atoms with Crippen molar-refractivity contribution in [2.24, 2.45) is 0 Å². The molecule has 9 heteroatoms. The minimum Gasteiger partial charge on any atom is -0.323 e. The molecule has 2 aromatic heterocycles. The van der Waals surface area contributed by atoms with E-state index in [1.807, 2.05) is 47.0 Å². The Morgan fingerprint density at radius 2 is 1.83 bits per heavy atom. The lowest BCUT2D eigenvalue weighted by Crippen LogP contribution is -2.15. The van der Waals surface area contributed by atoms with Crippen LogP contribution in [-0.2, 0) is 4.79 Å². The van der Waals surface area contributed by atoms with Gasteiger partial charge in [-0.3, -0.25) is 14.3 Å². The van der Waals surface area contributed by atoms with E-state index in [1.54, 1.807) is 12.4 Å². The van der Waals surface area contributed by atoms with Gasteiger partial charge in [0.05, 0.1) is 11.4 Å². The minimum absolute atomic E-state index is 0.0211. The van der Waals surface area contributed by atoms with Crippen LogP contribution in [0.2, 0.25) is 5.02 Å². The summed E-state index contributed by atoms with van der Waals surface area (Å²) in [5, 5.41) is 12.0. The molecular weight excluding hydrogens is 425 g/mol. The summed E-state index contributed by atoms with van der Waals surface area (Å²) in [6.45, 7) is 0. The Labute approximate surface area is 181 Å². The number of halogens is 2. The van der Waals surface area contributed by atoms with E-state index in [-0.39, 0.29) is 17.3 Å². The summed E-state index contributed by atoms with van der Waals surface area (Å²) in [6, 6.07) is 17.3. The number of nitrogens with one attached hydrogen (secondary N) is 1. The quantitative estimate of drug-likeness (QED) is 0.435. The second-order valence-corrected chi connectivity index (χ2v) is 7.55. The number of amides is 1. The molecule has 1 amide bonds. The van der Waals surface area contributed by atoms with Gasteiger partial charge in [0.15, 0.2) is 11.0 Å². The van der Waals surface area contributed by atoms with Crippen LogP contribution in [0, 0.1) is 5.82 Å². The molecule has 1 N–H and O–H groups in total. The van der Waals surface area contributed by atoms with Crippen LogP contribution < -0.4 is 5.32 Å². The molecule has 4 rings (SSSR count). The van der Waals surface area contributed by atoms with Crippen LogP contribution in [0.5, 0.6) is 0 Å². The normalized spacial score (nSPS) is 10.7. The first-order valence-corrected chi connectivity index (χ1v) is 10.3. The van der Waals surface area contributed by atoms with Crippen LogP contribution >= 0.6 is 23.4 Å². The number of thioether (sulfide) groups is 1. The van der Waals surface area contributed by atoms with E-state index < -0.39 is 5.82 Å². The first kappa shape index (κ1) is 20.1. The number of rotatable bonds is 6. The molecule has 0 aliphatic heterocycles. The van der Waals surface area contributed by atoms with E-state index in [9.17, 15) is 9.18 Å². The highest BCUT2D eigenvalue weighted by atomic mass is 35.5. The van der Waals surface area contributed by atoms with Gasteiger partial charge in [-0.2, -0.15) is 0 Å². The zero-order valence-corrected chi connectivity index (χ0v) is 17.1. The van der Waals surface area contributed by atoms with Crippen LogP contribution in [0.1, 0.15) is 0 Å². The van der Waals surface area contributed by atoms with Crippen LogP contribution in [0.4, 0.5) is 10.1 Å². The van der Waals surface area contributed by atoms with Gasteiger partial charge < -0.3 is 5.32 Å². The third kappa shape index (κ3) is 4.50. The topological polar surface area (TPSA) is 72.7 Å². The molecule has 2 aromatic carbocycles. The summed E-state index contributed by atoms with van der Waals surface area (Å²) in [7, 11) is 0. The molecule has 0 unspecified atom stereocenters. The van der Waals surface area contributed by atoms with Gasteiger partial charge in [-0.1, -0.05) is 41.6 Å². The van der Waals surface area contributed by atoms with Crippen molar-refractivity contribution in [1.82, 2.24) is 19.7 Å². The van der Waals surface area contributed by atoms with Crippen LogP contribution in [0.25, 0.3) is 17.1 Å². The summed E-state index contributed by atoms with van der Waals surface area (Å²) in [4.78, 5) is 16.4. The molecule has 0 aliphatic rings. The Morgan fingerprint density at radius 1 is 1.07 bits per heavy atom. The standard InChI is InChI=1S/C21H15ClFN5OS/c22-15-6-7-17(23)18(12-15)25-19(29)13-30-21-27-26-20(14-8-10-24-11-9-14)28(21)16-4-2-1-3-5-16/h1-12H,13H2,(H,25,29). The van der Waals surface area contributed by atoms with Crippen molar-refractivity contribution in [2.75, 3.05) is 11.1 Å². The van der Waals surface area contributed by atoms with Crippen molar-refractivity contribution in [1.29, 1.82) is 0 Å². The number of pyridine rings is 1. The van der Waals surface area contributed by atoms with Gasteiger partial charge in [0, 0.05) is 28.7 Å². The highest BCUT2D eigenvalue weighted by Gasteiger charge is 2.17. The largest absolute Gasteiger partial charge is 0.323 e. The number of benzene rings is 2. The van der Waals surface area contributed by atoms with E-state index in [2.05, 4.69) is 20.5 Å². The molecule has 0 bridgehead atoms. The monoisotopic (exact) mass is 439 g/mol. The van der Waals surface area contributed by atoms with Crippen molar-refractivity contribution < 1.29 is 9.18 Å². The van der Waals surface area contributed by atoms with Gasteiger partial charge in [-0.15, -0.1) is 10.2 Å². The van der Waals surface area contributed by atoms with E-state index in [1.165, 1.54) is 30.0 Å². The maximum Gasteiger partial charge on any atom is 0.234 e. The van der Waals surface area contributed by atoms with Gasteiger partial charge in [-0.25, -0.2) is 4.39 Å². The summed E-state index contributed by atoms with van der Waals surface area (Å²) in [5.41, 5.74) is 1.74. The molecule has 0 spiro atoms. The summed E-state index contributed by atoms with van der Waals surface area (Å²) in [5.74, 6) is -0.278. The fourth-order valence-corrected chi connectivity index (χ4v) is 3.69. The number of hydrogen-bond donors (Lipinski definition) is 1. The van der Waals surface area contributed by atoms with Gasteiger partial charge >= 0.3 is 0 Å². The number of anilines is 1. The predicted molar refractivity (Wildman–Crippen MR) is 115 cm³/mol. The average Bonchev–Trinajstić information content (AvgIpc) is 3.20. The van der Waals surface area contributed by atoms with Crippen molar-refractivity contribution in [2.45, 2.75) is 5.16 Å². The number of nitrogens with zero attached hydrogens (tertiary/aromatic N) is 4. The zero-order valence-electron chi connectivity index (χ0n) is 15.5. The molecule has 0 atom stereocenters. The highest BCUT2D eigenvalue weighted by Crippen LogP contribution is 2.28. The SMILES string of the molecule is O=C(CSc1nnc(-c2ccncc2)n1-c1ccccc1)Nc1cc(Cl)ccc1F. The molecule has 30 heavy (non-hydrogen) atoms. The molecule has 0 fully saturated rings. The minimum atomic E-state index is -0.551. The number of aromatic nitrogens is 4. The second-order valence-electron chi connectivity index (χ2n) is 6.17. The molecule has 0 saturated carbocycles. The Kier molecular flexibility index (Phi) is 6.06. The lowest BCUT2D eigenvalue weighted by atomic mass is 10.2. The third-order valence-corrected chi connectivity index (χ3v) is 5.29. The number of hydrogen-bond acceptors (Lipinski definition) is 5. The molecule has 0 saturated heterocycles. The molecule has 4 aromatic rings. The Hall–Kier alpha value is -3.23. The van der Waals surface area contributed by atoms with E-state index in [0.29, 0.717) is 16.0 Å². The summed E-state index contributed by atoms with van der Waals surface area (Å²) in [6.07, 6.45) is 3.36. The smallest absolute Gasteiger partial charge is 0.234 e. The predicted octanol–water partition coefficient (Wildman–Crippen LogP) is 4.85. The third-order valence-electron chi connectivity index (χ3n) is 4.12. The molecule has 0 aliphatic carbocycles. The van der Waals surface area contributed by atoms with Crippen molar-refractivity contribution in [3.63, 3.8) is 0 Å². The fourth-order valence-electron chi connectivity index (χ4n) is 2.77. The van der Waals surface area contributed by atoms with Crippen molar-refractivity contribution >= 4 is 35.0 Å². The molecule has 0 radical (unpaired) electrons. The van der Waals surface area contributed by atoms with Crippen LogP contribution in [0.3, 0.4) is 0 Å². The van der Waals surface area contributed by atoms with E-state index in [0.717, 1.165) is 11.3 Å². The lowest BCUT2D eigenvalue weighted by molar-refractivity contribution is -0.113. The number of carbonyl (C=O) groups excluding carboxylic acids is 1. The maximum atomic E-state index is 13.9.